The number of rotatable bonds is 5. The summed E-state index contributed by atoms with van der Waals surface area (Å²) < 4.78 is 12.5. The lowest BCUT2D eigenvalue weighted by atomic mass is 9.90. The molecule has 0 bridgehead atoms. The Bertz CT molecular complexity index is 182. The van der Waals surface area contributed by atoms with Crippen molar-refractivity contribution in [2.75, 3.05) is 26.3 Å². The van der Waals surface area contributed by atoms with Gasteiger partial charge in [0.25, 0.3) is 0 Å². The van der Waals surface area contributed by atoms with Gasteiger partial charge in [0, 0.05) is 19.6 Å². The largest absolute Gasteiger partial charge is 0.300 e. The van der Waals surface area contributed by atoms with Gasteiger partial charge in [-0.15, -0.1) is 0 Å². The van der Waals surface area contributed by atoms with Gasteiger partial charge in [0.15, 0.2) is 0 Å². The zero-order valence-electron chi connectivity index (χ0n) is 13.2. The molecule has 1 aliphatic heterocycles. The highest BCUT2D eigenvalue weighted by atomic mass is 19.1. The minimum absolute atomic E-state index is 0.190. The molecular weight excluding hydrogens is 225 g/mol. The van der Waals surface area contributed by atoms with Gasteiger partial charge in [-0.1, -0.05) is 41.0 Å². The van der Waals surface area contributed by atoms with Crippen molar-refractivity contribution < 1.29 is 4.39 Å². The van der Waals surface area contributed by atoms with Gasteiger partial charge in [0.1, 0.15) is 6.67 Å². The van der Waals surface area contributed by atoms with Crippen molar-refractivity contribution in [2.45, 2.75) is 60.3 Å². The first-order valence-corrected chi connectivity index (χ1v) is 7.94. The van der Waals surface area contributed by atoms with Crippen LogP contribution in [0.4, 0.5) is 4.39 Å². The molecule has 1 aliphatic rings. The van der Waals surface area contributed by atoms with Crippen LogP contribution < -0.4 is 0 Å². The second-order valence-electron chi connectivity index (χ2n) is 5.80. The maximum atomic E-state index is 12.5. The Morgan fingerprint density at radius 1 is 1.11 bits per heavy atom. The smallest absolute Gasteiger partial charge is 0.102 e. The van der Waals surface area contributed by atoms with E-state index < -0.39 is 0 Å². The molecule has 110 valence electrons. The SMILES string of the molecule is CC.CCC1CCC(CC(C)C)CN(CCF)C1. The summed E-state index contributed by atoms with van der Waals surface area (Å²) in [4.78, 5) is 2.36. The van der Waals surface area contributed by atoms with E-state index in [0.717, 1.165) is 30.8 Å². The summed E-state index contributed by atoms with van der Waals surface area (Å²) in [6, 6.07) is 0. The maximum Gasteiger partial charge on any atom is 0.102 e. The molecule has 1 fully saturated rings. The fourth-order valence-corrected chi connectivity index (χ4v) is 2.95. The van der Waals surface area contributed by atoms with Crippen LogP contribution in [0.2, 0.25) is 0 Å². The fourth-order valence-electron chi connectivity index (χ4n) is 2.95. The fraction of sp³-hybridized carbons (Fsp3) is 1.00. The lowest BCUT2D eigenvalue weighted by Crippen LogP contribution is -2.33. The number of alkyl halides is 1. The van der Waals surface area contributed by atoms with Crippen molar-refractivity contribution in [3.05, 3.63) is 0 Å². The van der Waals surface area contributed by atoms with Crippen LogP contribution in [0.1, 0.15) is 60.3 Å². The van der Waals surface area contributed by atoms with E-state index in [-0.39, 0.29) is 6.67 Å². The lowest BCUT2D eigenvalue weighted by Gasteiger charge is -2.25. The first-order chi connectivity index (χ1) is 8.65. The van der Waals surface area contributed by atoms with E-state index in [9.17, 15) is 4.39 Å². The van der Waals surface area contributed by atoms with Gasteiger partial charge in [0.2, 0.25) is 0 Å². The van der Waals surface area contributed by atoms with Crippen molar-refractivity contribution in [3.8, 4) is 0 Å². The Balaban J connectivity index is 0.00000137. The van der Waals surface area contributed by atoms with E-state index in [1.165, 1.54) is 25.7 Å². The molecule has 18 heavy (non-hydrogen) atoms. The summed E-state index contributed by atoms with van der Waals surface area (Å²) in [5.41, 5.74) is 0. The third kappa shape index (κ3) is 7.35. The highest BCUT2D eigenvalue weighted by molar-refractivity contribution is 4.76. The van der Waals surface area contributed by atoms with E-state index in [4.69, 9.17) is 0 Å². The summed E-state index contributed by atoms with van der Waals surface area (Å²) in [5, 5.41) is 0. The van der Waals surface area contributed by atoms with Gasteiger partial charge in [-0.25, -0.2) is 4.39 Å². The van der Waals surface area contributed by atoms with Crippen molar-refractivity contribution in [1.29, 1.82) is 0 Å². The molecular formula is C16H34FN. The van der Waals surface area contributed by atoms with E-state index in [0.29, 0.717) is 6.54 Å². The summed E-state index contributed by atoms with van der Waals surface area (Å²) in [5.74, 6) is 2.36. The zero-order chi connectivity index (χ0) is 14.0. The molecule has 0 aliphatic carbocycles. The van der Waals surface area contributed by atoms with Crippen LogP contribution in [-0.4, -0.2) is 31.2 Å². The Hall–Kier alpha value is -0.110. The Morgan fingerprint density at radius 2 is 1.67 bits per heavy atom. The molecule has 1 saturated heterocycles. The molecule has 0 spiro atoms. The van der Waals surface area contributed by atoms with Gasteiger partial charge in [-0.2, -0.15) is 0 Å². The number of hydrogen-bond acceptors (Lipinski definition) is 1. The van der Waals surface area contributed by atoms with Gasteiger partial charge in [-0.3, -0.25) is 0 Å². The molecule has 0 saturated carbocycles. The second-order valence-corrected chi connectivity index (χ2v) is 5.80. The van der Waals surface area contributed by atoms with Gasteiger partial charge in [-0.05, 0) is 37.0 Å². The third-order valence-electron chi connectivity index (χ3n) is 3.80. The molecule has 2 unspecified atom stereocenters. The summed E-state index contributed by atoms with van der Waals surface area (Å²) in [7, 11) is 0. The predicted octanol–water partition coefficient (Wildman–Crippen LogP) is 4.77. The van der Waals surface area contributed by atoms with Crippen molar-refractivity contribution in [3.63, 3.8) is 0 Å². The molecule has 1 nitrogen and oxygen atoms in total. The van der Waals surface area contributed by atoms with E-state index >= 15 is 0 Å². The Kier molecular flexibility index (Phi) is 10.7. The molecule has 2 atom stereocenters. The molecule has 0 aromatic rings. The van der Waals surface area contributed by atoms with E-state index in [2.05, 4.69) is 25.7 Å². The van der Waals surface area contributed by atoms with E-state index in [1.54, 1.807) is 0 Å². The van der Waals surface area contributed by atoms with Crippen LogP contribution in [0.25, 0.3) is 0 Å². The molecule has 2 heteroatoms. The number of likely N-dealkylation sites (tertiary alicyclic amines) is 1. The average Bonchev–Trinajstić information content (AvgIpc) is 2.54. The van der Waals surface area contributed by atoms with Crippen molar-refractivity contribution in [1.82, 2.24) is 4.90 Å². The summed E-state index contributed by atoms with van der Waals surface area (Å²) in [6.45, 7) is 13.5. The van der Waals surface area contributed by atoms with Gasteiger partial charge < -0.3 is 4.90 Å². The van der Waals surface area contributed by atoms with Crippen LogP contribution >= 0.6 is 0 Å². The van der Waals surface area contributed by atoms with Crippen LogP contribution in [0.3, 0.4) is 0 Å². The van der Waals surface area contributed by atoms with Crippen LogP contribution in [0.5, 0.6) is 0 Å². The van der Waals surface area contributed by atoms with Gasteiger partial charge in [0.05, 0.1) is 0 Å². The molecule has 0 aromatic heterocycles. The van der Waals surface area contributed by atoms with Crippen LogP contribution in [-0.2, 0) is 0 Å². The topological polar surface area (TPSA) is 3.24 Å². The zero-order valence-corrected chi connectivity index (χ0v) is 13.2. The molecule has 1 heterocycles. The first-order valence-electron chi connectivity index (χ1n) is 7.94. The quantitative estimate of drug-likeness (QED) is 0.687. The standard InChI is InChI=1S/C14H28FN.C2H6/c1-4-13-5-6-14(9-12(2)3)11-16(10-13)8-7-15;1-2/h12-14H,4-11H2,1-3H3;1-2H3. The number of nitrogens with zero attached hydrogens (tertiary/aromatic N) is 1. The second kappa shape index (κ2) is 10.8. The monoisotopic (exact) mass is 259 g/mol. The first kappa shape index (κ1) is 17.9. The third-order valence-corrected chi connectivity index (χ3v) is 3.80. The number of hydrogen-bond donors (Lipinski definition) is 0. The van der Waals surface area contributed by atoms with E-state index in [1.807, 2.05) is 13.8 Å². The molecule has 0 aromatic carbocycles. The Labute approximate surface area is 114 Å². The molecule has 0 radical (unpaired) electrons. The highest BCUT2D eigenvalue weighted by Gasteiger charge is 2.23. The minimum Gasteiger partial charge on any atom is -0.300 e. The van der Waals surface area contributed by atoms with Gasteiger partial charge >= 0.3 is 0 Å². The summed E-state index contributed by atoms with van der Waals surface area (Å²) >= 11 is 0. The summed E-state index contributed by atoms with van der Waals surface area (Å²) in [6.07, 6.45) is 5.24. The van der Waals surface area contributed by atoms with Crippen molar-refractivity contribution >= 4 is 0 Å². The van der Waals surface area contributed by atoms with Crippen molar-refractivity contribution in [2.24, 2.45) is 17.8 Å². The normalized spacial score (nSPS) is 25.5. The minimum atomic E-state index is -0.190. The maximum absolute atomic E-state index is 12.5. The molecule has 1 rings (SSSR count). The van der Waals surface area contributed by atoms with Crippen LogP contribution in [0.15, 0.2) is 0 Å². The highest BCUT2D eigenvalue weighted by Crippen LogP contribution is 2.26. The van der Waals surface area contributed by atoms with Crippen LogP contribution in [0, 0.1) is 17.8 Å². The number of halogens is 1. The average molecular weight is 259 g/mol. The predicted molar refractivity (Wildman–Crippen MR) is 79.7 cm³/mol. The lowest BCUT2D eigenvalue weighted by molar-refractivity contribution is 0.199. The molecule has 0 N–H and O–H groups in total. The Morgan fingerprint density at radius 3 is 2.17 bits per heavy atom. The molecule has 0 amide bonds.